The third kappa shape index (κ3) is 8.83. The van der Waals surface area contributed by atoms with Gasteiger partial charge in [-0.05, 0) is 30.5 Å². The molecular formula is C31H37N3O6. The Labute approximate surface area is 234 Å². The van der Waals surface area contributed by atoms with Crippen LogP contribution in [0.5, 0.6) is 0 Å². The Hall–Kier alpha value is -4.40. The molecule has 0 saturated heterocycles. The van der Waals surface area contributed by atoms with Crippen molar-refractivity contribution in [2.75, 3.05) is 6.67 Å². The van der Waals surface area contributed by atoms with E-state index < -0.39 is 23.8 Å². The topological polar surface area (TPSA) is 118 Å². The van der Waals surface area contributed by atoms with Crippen molar-refractivity contribution in [3.05, 3.63) is 84.1 Å². The first-order valence-corrected chi connectivity index (χ1v) is 13.7. The Morgan fingerprint density at radius 3 is 2.27 bits per heavy atom. The first-order chi connectivity index (χ1) is 19.5. The molecule has 9 nitrogen and oxygen atoms in total. The van der Waals surface area contributed by atoms with E-state index in [-0.39, 0.29) is 24.8 Å². The van der Waals surface area contributed by atoms with E-state index >= 15 is 0 Å². The Bertz CT molecular complexity index is 1230. The summed E-state index contributed by atoms with van der Waals surface area (Å²) in [4.78, 5) is 55.8. The minimum Gasteiger partial charge on any atom is -0.451 e. The number of amides is 3. The van der Waals surface area contributed by atoms with E-state index in [9.17, 15) is 19.2 Å². The summed E-state index contributed by atoms with van der Waals surface area (Å²) in [5.74, 6) is -1.37. The largest absolute Gasteiger partial charge is 0.451 e. The number of hydrogen-bond donors (Lipinski definition) is 2. The molecule has 0 aliphatic carbocycles. The normalized spacial score (nSPS) is 12.2. The Morgan fingerprint density at radius 2 is 1.62 bits per heavy atom. The van der Waals surface area contributed by atoms with Crippen molar-refractivity contribution in [1.82, 2.24) is 15.7 Å². The van der Waals surface area contributed by atoms with Crippen LogP contribution < -0.4 is 10.6 Å². The summed E-state index contributed by atoms with van der Waals surface area (Å²) in [6, 6.07) is 21.1. The maximum atomic E-state index is 13.3. The van der Waals surface area contributed by atoms with Gasteiger partial charge in [-0.3, -0.25) is 14.4 Å². The molecule has 0 aliphatic rings. The molecule has 3 amide bonds. The Kier molecular flexibility index (Phi) is 12.0. The number of hydrogen-bond acceptors (Lipinski definition) is 6. The molecule has 9 heteroatoms. The van der Waals surface area contributed by atoms with Crippen LogP contribution in [0.15, 0.2) is 77.2 Å². The van der Waals surface area contributed by atoms with Crippen LogP contribution in [0, 0.1) is 5.92 Å². The molecule has 3 rings (SSSR count). The van der Waals surface area contributed by atoms with Crippen molar-refractivity contribution in [2.24, 2.45) is 5.92 Å². The molecule has 212 valence electrons. The lowest BCUT2D eigenvalue weighted by molar-refractivity contribution is -0.203. The molecule has 1 aromatic heterocycles. The van der Waals surface area contributed by atoms with E-state index in [0.717, 1.165) is 35.5 Å². The highest BCUT2D eigenvalue weighted by atomic mass is 16.7. The maximum Gasteiger partial charge on any atom is 0.336 e. The minimum absolute atomic E-state index is 0.000883. The van der Waals surface area contributed by atoms with E-state index in [1.807, 2.05) is 55.5 Å². The lowest BCUT2D eigenvalue weighted by Gasteiger charge is -2.31. The van der Waals surface area contributed by atoms with Gasteiger partial charge in [0.15, 0.2) is 5.76 Å². The van der Waals surface area contributed by atoms with E-state index in [2.05, 4.69) is 17.6 Å². The zero-order valence-corrected chi connectivity index (χ0v) is 23.0. The number of carbonyl (C=O) groups is 4. The van der Waals surface area contributed by atoms with Crippen LogP contribution in [0.2, 0.25) is 0 Å². The smallest absolute Gasteiger partial charge is 0.336 e. The van der Waals surface area contributed by atoms with Crippen LogP contribution in [0.25, 0.3) is 11.3 Å². The van der Waals surface area contributed by atoms with Gasteiger partial charge in [-0.25, -0.2) is 4.79 Å². The average Bonchev–Trinajstić information content (AvgIpc) is 3.47. The van der Waals surface area contributed by atoms with Gasteiger partial charge in [0.2, 0.25) is 12.3 Å². The molecule has 2 unspecified atom stereocenters. The molecule has 0 aliphatic heterocycles. The van der Waals surface area contributed by atoms with Crippen LogP contribution >= 0.6 is 0 Å². The van der Waals surface area contributed by atoms with Gasteiger partial charge >= 0.3 is 5.97 Å². The molecule has 2 atom stereocenters. The molecular weight excluding hydrogens is 510 g/mol. The highest BCUT2D eigenvalue weighted by Crippen LogP contribution is 2.23. The number of nitrogens with zero attached hydrogens (tertiary/aromatic N) is 1. The van der Waals surface area contributed by atoms with Crippen LogP contribution in [-0.2, 0) is 25.6 Å². The van der Waals surface area contributed by atoms with Crippen molar-refractivity contribution in [3.63, 3.8) is 0 Å². The van der Waals surface area contributed by atoms with Gasteiger partial charge in [-0.15, -0.1) is 0 Å². The summed E-state index contributed by atoms with van der Waals surface area (Å²) < 4.78 is 5.66. The minimum atomic E-state index is -0.664. The predicted molar refractivity (Wildman–Crippen MR) is 150 cm³/mol. The van der Waals surface area contributed by atoms with E-state index in [1.54, 1.807) is 24.3 Å². The van der Waals surface area contributed by atoms with Crippen LogP contribution in [0.3, 0.4) is 0 Å². The summed E-state index contributed by atoms with van der Waals surface area (Å²) in [5.41, 5.74) is 1.60. The van der Waals surface area contributed by atoms with Gasteiger partial charge in [-0.1, -0.05) is 93.8 Å². The first kappa shape index (κ1) is 30.1. The Morgan fingerprint density at radius 1 is 0.925 bits per heavy atom. The van der Waals surface area contributed by atoms with Gasteiger partial charge in [0, 0.05) is 5.56 Å². The maximum absolute atomic E-state index is 13.3. The zero-order chi connectivity index (χ0) is 28.7. The molecule has 0 saturated carbocycles. The van der Waals surface area contributed by atoms with Crippen molar-refractivity contribution in [2.45, 2.75) is 58.4 Å². The average molecular weight is 548 g/mol. The summed E-state index contributed by atoms with van der Waals surface area (Å²) in [6.45, 7) is 3.76. The first-order valence-electron chi connectivity index (χ1n) is 13.7. The number of benzene rings is 2. The predicted octanol–water partition coefficient (Wildman–Crippen LogP) is 4.88. The number of rotatable bonds is 16. The highest BCUT2D eigenvalue weighted by molar-refractivity contribution is 5.92. The third-order valence-electron chi connectivity index (χ3n) is 6.57. The number of hydroxylamine groups is 2. The molecule has 0 bridgehead atoms. The summed E-state index contributed by atoms with van der Waals surface area (Å²) >= 11 is 0. The summed E-state index contributed by atoms with van der Waals surface area (Å²) in [5, 5.41) is 6.34. The van der Waals surface area contributed by atoms with Crippen molar-refractivity contribution in [3.8, 4) is 11.3 Å². The number of carbonyl (C=O) groups excluding carboxylic acids is 4. The van der Waals surface area contributed by atoms with Gasteiger partial charge in [0.25, 0.3) is 5.91 Å². The van der Waals surface area contributed by atoms with E-state index in [4.69, 9.17) is 9.25 Å². The quantitative estimate of drug-likeness (QED) is 0.114. The fourth-order valence-corrected chi connectivity index (χ4v) is 4.48. The molecule has 2 N–H and O–H groups in total. The zero-order valence-electron chi connectivity index (χ0n) is 23.0. The van der Waals surface area contributed by atoms with Crippen molar-refractivity contribution in [1.29, 1.82) is 0 Å². The standard InChI is InChI=1S/C31H37N3O6/c1-3-5-8-17-25(26(4-2)34(22-35)40-29(36)20-23-13-9-6-10-14-23)30(37)32-21-33-31(38)28-19-18-27(39-28)24-15-11-7-12-16-24/h6-7,9-16,18-19,22,25-26H,3-5,8,17,20-21H2,1-2H3,(H,32,37)(H,33,38). The molecule has 40 heavy (non-hydrogen) atoms. The van der Waals surface area contributed by atoms with Gasteiger partial charge in [-0.2, -0.15) is 5.06 Å². The van der Waals surface area contributed by atoms with Gasteiger partial charge < -0.3 is 19.9 Å². The second kappa shape index (κ2) is 15.9. The van der Waals surface area contributed by atoms with Crippen molar-refractivity contribution >= 4 is 24.2 Å². The molecule has 0 spiro atoms. The molecule has 2 aromatic carbocycles. The van der Waals surface area contributed by atoms with E-state index in [1.165, 1.54) is 0 Å². The fraction of sp³-hybridized carbons (Fsp3) is 0.355. The van der Waals surface area contributed by atoms with Crippen LogP contribution in [0.4, 0.5) is 0 Å². The number of unbranched alkanes of at least 4 members (excludes halogenated alkanes) is 2. The van der Waals surface area contributed by atoms with Gasteiger partial charge in [0.05, 0.1) is 25.0 Å². The Balaban J connectivity index is 1.61. The lowest BCUT2D eigenvalue weighted by Crippen LogP contribution is -2.49. The van der Waals surface area contributed by atoms with Crippen molar-refractivity contribution < 1.29 is 28.4 Å². The monoisotopic (exact) mass is 547 g/mol. The van der Waals surface area contributed by atoms with E-state index in [0.29, 0.717) is 25.0 Å². The second-order valence-electron chi connectivity index (χ2n) is 9.42. The summed E-state index contributed by atoms with van der Waals surface area (Å²) in [7, 11) is 0. The van der Waals surface area contributed by atoms with Gasteiger partial charge in [0.1, 0.15) is 5.76 Å². The number of nitrogens with one attached hydrogen (secondary N) is 2. The van der Waals surface area contributed by atoms with Crippen LogP contribution in [-0.4, -0.2) is 42.0 Å². The molecule has 3 aromatic rings. The number of furan rings is 1. The van der Waals surface area contributed by atoms with Crippen LogP contribution in [0.1, 0.15) is 62.1 Å². The fourth-order valence-electron chi connectivity index (χ4n) is 4.48. The molecule has 1 heterocycles. The molecule has 0 fully saturated rings. The highest BCUT2D eigenvalue weighted by Gasteiger charge is 2.33. The second-order valence-corrected chi connectivity index (χ2v) is 9.42. The SMILES string of the molecule is CCCCCC(C(=O)NCNC(=O)c1ccc(-c2ccccc2)o1)C(CC)N(C=O)OC(=O)Cc1ccccc1. The lowest BCUT2D eigenvalue weighted by atomic mass is 9.90. The summed E-state index contributed by atoms with van der Waals surface area (Å²) in [6.07, 6.45) is 3.96. The third-order valence-corrected chi connectivity index (χ3v) is 6.57. The molecule has 0 radical (unpaired) electrons.